The van der Waals surface area contributed by atoms with Crippen LogP contribution < -0.4 is 0 Å². The summed E-state index contributed by atoms with van der Waals surface area (Å²) in [5, 5.41) is 10.1. The molecule has 1 fully saturated rings. The predicted molar refractivity (Wildman–Crippen MR) is 69.3 cm³/mol. The molecule has 1 aliphatic carbocycles. The van der Waals surface area contributed by atoms with Gasteiger partial charge in [-0.3, -0.25) is 4.79 Å². The summed E-state index contributed by atoms with van der Waals surface area (Å²) in [6.45, 7) is 2.65. The van der Waals surface area contributed by atoms with E-state index in [9.17, 15) is 9.90 Å². The van der Waals surface area contributed by atoms with Crippen molar-refractivity contribution in [1.82, 2.24) is 4.90 Å². The van der Waals surface area contributed by atoms with Crippen LogP contribution in [0.5, 0.6) is 0 Å². The summed E-state index contributed by atoms with van der Waals surface area (Å²) in [4.78, 5) is 14.4. The van der Waals surface area contributed by atoms with Gasteiger partial charge in [0.2, 0.25) is 0 Å². The summed E-state index contributed by atoms with van der Waals surface area (Å²) in [5.74, 6) is 0.106. The van der Waals surface area contributed by atoms with Crippen LogP contribution in [0, 0.1) is 6.92 Å². The average molecular weight is 245 g/mol. The minimum atomic E-state index is -0.350. The van der Waals surface area contributed by atoms with Gasteiger partial charge in [-0.1, -0.05) is 31.0 Å². The zero-order valence-corrected chi connectivity index (χ0v) is 10.7. The molecule has 3 rings (SSSR count). The standard InChI is InChI=1S/C15H19NO2/c1-10-5-4-6-11-9-16(15(18)14(10)11)12-7-2-3-8-13(12)17/h4-6,12-13,17H,2-3,7-9H2,1H3/t12-,13-/m0/s1. The molecule has 1 aliphatic heterocycles. The van der Waals surface area contributed by atoms with Crippen LogP contribution in [0.2, 0.25) is 0 Å². The van der Waals surface area contributed by atoms with Crippen molar-refractivity contribution in [3.63, 3.8) is 0 Å². The Hall–Kier alpha value is -1.35. The summed E-state index contributed by atoms with van der Waals surface area (Å²) in [6.07, 6.45) is 3.59. The zero-order chi connectivity index (χ0) is 12.7. The molecule has 1 saturated carbocycles. The van der Waals surface area contributed by atoms with Gasteiger partial charge in [0.05, 0.1) is 12.1 Å². The Bertz CT molecular complexity index is 483. The number of carbonyl (C=O) groups is 1. The molecule has 3 nitrogen and oxygen atoms in total. The van der Waals surface area contributed by atoms with Crippen molar-refractivity contribution in [2.45, 2.75) is 51.3 Å². The highest BCUT2D eigenvalue weighted by Gasteiger charge is 2.37. The van der Waals surface area contributed by atoms with Crippen molar-refractivity contribution in [1.29, 1.82) is 0 Å². The summed E-state index contributed by atoms with van der Waals surface area (Å²) in [5.41, 5.74) is 3.01. The zero-order valence-electron chi connectivity index (χ0n) is 10.7. The highest BCUT2D eigenvalue weighted by Crippen LogP contribution is 2.32. The summed E-state index contributed by atoms with van der Waals surface area (Å²) in [6, 6.07) is 6.02. The SMILES string of the molecule is Cc1cccc2c1C(=O)N([C@H]1CCCC[C@@H]1O)C2. The molecule has 1 N–H and O–H groups in total. The Kier molecular flexibility index (Phi) is 2.86. The molecule has 0 radical (unpaired) electrons. The number of carbonyl (C=O) groups excluding carboxylic acids is 1. The number of aliphatic hydroxyl groups excluding tert-OH is 1. The minimum absolute atomic E-state index is 0.0121. The van der Waals surface area contributed by atoms with Crippen LogP contribution in [0.3, 0.4) is 0 Å². The van der Waals surface area contributed by atoms with Crippen LogP contribution in [0.25, 0.3) is 0 Å². The number of hydrogen-bond donors (Lipinski definition) is 1. The molecule has 0 aromatic heterocycles. The van der Waals surface area contributed by atoms with Gasteiger partial charge in [0, 0.05) is 12.1 Å². The van der Waals surface area contributed by atoms with E-state index in [0.717, 1.165) is 42.4 Å². The lowest BCUT2D eigenvalue weighted by molar-refractivity contribution is 0.0191. The van der Waals surface area contributed by atoms with Crippen LogP contribution in [-0.2, 0) is 6.54 Å². The first kappa shape index (κ1) is 11.7. The van der Waals surface area contributed by atoms with Gasteiger partial charge in [0.1, 0.15) is 0 Å². The van der Waals surface area contributed by atoms with Gasteiger partial charge in [-0.2, -0.15) is 0 Å². The normalized spacial score (nSPS) is 27.4. The quantitative estimate of drug-likeness (QED) is 0.824. The van der Waals surface area contributed by atoms with Crippen LogP contribution in [-0.4, -0.2) is 28.1 Å². The Morgan fingerprint density at radius 2 is 2.06 bits per heavy atom. The third-order valence-corrected chi connectivity index (χ3v) is 4.27. The number of benzene rings is 1. The van der Waals surface area contributed by atoms with Gasteiger partial charge in [-0.15, -0.1) is 0 Å². The highest BCUT2D eigenvalue weighted by molar-refractivity contribution is 5.99. The lowest BCUT2D eigenvalue weighted by atomic mass is 9.91. The second-order valence-electron chi connectivity index (χ2n) is 5.46. The first-order valence-corrected chi connectivity index (χ1v) is 6.76. The molecule has 1 aromatic rings. The van der Waals surface area contributed by atoms with E-state index in [1.165, 1.54) is 0 Å². The van der Waals surface area contributed by atoms with Crippen molar-refractivity contribution < 1.29 is 9.90 Å². The molecule has 1 aromatic carbocycles. The fraction of sp³-hybridized carbons (Fsp3) is 0.533. The van der Waals surface area contributed by atoms with Gasteiger partial charge >= 0.3 is 0 Å². The number of amides is 1. The molecular weight excluding hydrogens is 226 g/mol. The highest BCUT2D eigenvalue weighted by atomic mass is 16.3. The van der Waals surface area contributed by atoms with Crippen LogP contribution in [0.1, 0.15) is 47.2 Å². The maximum absolute atomic E-state index is 12.5. The second kappa shape index (κ2) is 4.39. The van der Waals surface area contributed by atoms with Crippen LogP contribution >= 0.6 is 0 Å². The molecule has 0 spiro atoms. The number of rotatable bonds is 1. The lowest BCUT2D eigenvalue weighted by Gasteiger charge is -2.35. The van der Waals surface area contributed by atoms with Gasteiger partial charge < -0.3 is 10.0 Å². The molecular formula is C15H19NO2. The van der Waals surface area contributed by atoms with Crippen molar-refractivity contribution in [3.05, 3.63) is 34.9 Å². The van der Waals surface area contributed by atoms with E-state index < -0.39 is 0 Å². The topological polar surface area (TPSA) is 40.5 Å². The summed E-state index contributed by atoms with van der Waals surface area (Å²) in [7, 11) is 0. The molecule has 0 unspecified atom stereocenters. The second-order valence-corrected chi connectivity index (χ2v) is 5.46. The molecule has 0 saturated heterocycles. The Balaban J connectivity index is 1.90. The third-order valence-electron chi connectivity index (χ3n) is 4.27. The van der Waals surface area contributed by atoms with E-state index in [1.54, 1.807) is 0 Å². The van der Waals surface area contributed by atoms with E-state index in [1.807, 2.05) is 30.0 Å². The molecule has 2 atom stereocenters. The maximum Gasteiger partial charge on any atom is 0.255 e. The molecule has 3 heteroatoms. The van der Waals surface area contributed by atoms with Gasteiger partial charge in [0.15, 0.2) is 0 Å². The van der Waals surface area contributed by atoms with Crippen LogP contribution in [0.15, 0.2) is 18.2 Å². The monoisotopic (exact) mass is 245 g/mol. The van der Waals surface area contributed by atoms with E-state index in [2.05, 4.69) is 0 Å². The first-order chi connectivity index (χ1) is 8.68. The number of aliphatic hydroxyl groups is 1. The lowest BCUT2D eigenvalue weighted by Crippen LogP contribution is -2.45. The van der Waals surface area contributed by atoms with Gasteiger partial charge in [-0.25, -0.2) is 0 Å². The minimum Gasteiger partial charge on any atom is -0.391 e. The number of aryl methyl sites for hydroxylation is 1. The molecule has 18 heavy (non-hydrogen) atoms. The number of hydrogen-bond acceptors (Lipinski definition) is 2. The molecule has 1 amide bonds. The van der Waals surface area contributed by atoms with Crippen LogP contribution in [0.4, 0.5) is 0 Å². The fourth-order valence-electron chi connectivity index (χ4n) is 3.29. The predicted octanol–water partition coefficient (Wildman–Crippen LogP) is 2.25. The van der Waals surface area contributed by atoms with E-state index >= 15 is 0 Å². The van der Waals surface area contributed by atoms with Crippen molar-refractivity contribution in [3.8, 4) is 0 Å². The largest absolute Gasteiger partial charge is 0.391 e. The molecule has 1 heterocycles. The Morgan fingerprint density at radius 3 is 2.78 bits per heavy atom. The summed E-state index contributed by atoms with van der Waals surface area (Å²) < 4.78 is 0. The number of fused-ring (bicyclic) bond motifs is 1. The van der Waals surface area contributed by atoms with Gasteiger partial charge in [0.25, 0.3) is 5.91 Å². The molecule has 0 bridgehead atoms. The maximum atomic E-state index is 12.5. The Labute approximate surface area is 107 Å². The third kappa shape index (κ3) is 1.74. The van der Waals surface area contributed by atoms with E-state index in [-0.39, 0.29) is 18.1 Å². The molecule has 96 valence electrons. The van der Waals surface area contributed by atoms with Gasteiger partial charge in [-0.05, 0) is 30.9 Å². The smallest absolute Gasteiger partial charge is 0.255 e. The van der Waals surface area contributed by atoms with Crippen molar-refractivity contribution in [2.24, 2.45) is 0 Å². The first-order valence-electron chi connectivity index (χ1n) is 6.76. The summed E-state index contributed by atoms with van der Waals surface area (Å²) >= 11 is 0. The Morgan fingerprint density at radius 1 is 1.28 bits per heavy atom. The van der Waals surface area contributed by atoms with E-state index in [4.69, 9.17) is 0 Å². The molecule has 2 aliphatic rings. The van der Waals surface area contributed by atoms with Crippen molar-refractivity contribution >= 4 is 5.91 Å². The average Bonchev–Trinajstić information content (AvgIpc) is 2.69. The fourth-order valence-corrected chi connectivity index (χ4v) is 3.29. The number of nitrogens with zero attached hydrogens (tertiary/aromatic N) is 1. The van der Waals surface area contributed by atoms with E-state index in [0.29, 0.717) is 6.54 Å². The van der Waals surface area contributed by atoms with Crippen molar-refractivity contribution in [2.75, 3.05) is 0 Å².